The smallest absolute Gasteiger partial charge is 0.0145 e. The van der Waals surface area contributed by atoms with E-state index in [-0.39, 0.29) is 0 Å². The summed E-state index contributed by atoms with van der Waals surface area (Å²) in [6, 6.07) is 1.71. The van der Waals surface area contributed by atoms with E-state index < -0.39 is 0 Å². The van der Waals surface area contributed by atoms with Crippen molar-refractivity contribution in [3.63, 3.8) is 0 Å². The number of hydrogen-bond acceptors (Lipinski definition) is 2. The van der Waals surface area contributed by atoms with Crippen LogP contribution in [0.3, 0.4) is 0 Å². The highest BCUT2D eigenvalue weighted by molar-refractivity contribution is 4.98. The lowest BCUT2D eigenvalue weighted by atomic mass is 10.0. The van der Waals surface area contributed by atoms with Crippen molar-refractivity contribution in [3.05, 3.63) is 0 Å². The van der Waals surface area contributed by atoms with Gasteiger partial charge in [0, 0.05) is 12.1 Å². The molecule has 10 heavy (non-hydrogen) atoms. The summed E-state index contributed by atoms with van der Waals surface area (Å²) in [6.07, 6.45) is 2.79. The van der Waals surface area contributed by atoms with Crippen LogP contribution in [0.15, 0.2) is 0 Å². The van der Waals surface area contributed by atoms with Crippen molar-refractivity contribution in [2.75, 3.05) is 20.6 Å². The minimum absolute atomic E-state index is 0.845. The lowest BCUT2D eigenvalue weighted by molar-refractivity contribution is 0.220. The van der Waals surface area contributed by atoms with Crippen molar-refractivity contribution in [2.45, 2.75) is 24.9 Å². The van der Waals surface area contributed by atoms with E-state index in [9.17, 15) is 0 Å². The first-order chi connectivity index (χ1) is 4.77. The van der Waals surface area contributed by atoms with Gasteiger partial charge in [0.05, 0.1) is 0 Å². The van der Waals surface area contributed by atoms with Crippen LogP contribution in [-0.4, -0.2) is 37.6 Å². The maximum absolute atomic E-state index is 3.51. The van der Waals surface area contributed by atoms with Crippen LogP contribution in [0.2, 0.25) is 0 Å². The molecule has 1 saturated carbocycles. The van der Waals surface area contributed by atoms with E-state index in [2.05, 4.69) is 24.3 Å². The maximum atomic E-state index is 3.51. The molecule has 58 valence electrons. The summed E-state index contributed by atoms with van der Waals surface area (Å²) in [5.41, 5.74) is 0. The molecule has 1 aliphatic heterocycles. The molecule has 1 N–H and O–H groups in total. The summed E-state index contributed by atoms with van der Waals surface area (Å²) in [5, 5.41) is 3.51. The van der Waals surface area contributed by atoms with Gasteiger partial charge in [-0.3, -0.25) is 0 Å². The standard InChI is InChI=1S/C8H16N2/c1-10(2)8-4-7-3-6(8)5-9-7/h6-9H,3-5H2,1-2H3/t6-,7-,8-/m0/s1. The normalized spacial score (nSPS) is 45.3. The van der Waals surface area contributed by atoms with Crippen LogP contribution in [0.1, 0.15) is 12.8 Å². The topological polar surface area (TPSA) is 15.3 Å². The van der Waals surface area contributed by atoms with Crippen LogP contribution in [0.25, 0.3) is 0 Å². The third-order valence-electron chi connectivity index (χ3n) is 2.99. The molecule has 0 aromatic carbocycles. The quantitative estimate of drug-likeness (QED) is 0.563. The molecule has 0 radical (unpaired) electrons. The summed E-state index contributed by atoms with van der Waals surface area (Å²) in [7, 11) is 4.40. The molecule has 2 fully saturated rings. The predicted molar refractivity (Wildman–Crippen MR) is 42.0 cm³/mol. The van der Waals surface area contributed by atoms with Gasteiger partial charge in [-0.2, -0.15) is 0 Å². The highest BCUT2D eigenvalue weighted by Gasteiger charge is 2.39. The summed E-state index contributed by atoms with van der Waals surface area (Å²) >= 11 is 0. The Hall–Kier alpha value is -0.0800. The molecule has 2 heteroatoms. The maximum Gasteiger partial charge on any atom is 0.0145 e. The van der Waals surface area contributed by atoms with Crippen LogP contribution < -0.4 is 5.32 Å². The Morgan fingerprint density at radius 1 is 1.30 bits per heavy atom. The van der Waals surface area contributed by atoms with Crippen LogP contribution in [0.4, 0.5) is 0 Å². The van der Waals surface area contributed by atoms with E-state index in [1.165, 1.54) is 19.4 Å². The van der Waals surface area contributed by atoms with Crippen LogP contribution in [0, 0.1) is 5.92 Å². The number of hydrogen-bond donors (Lipinski definition) is 1. The summed E-state index contributed by atoms with van der Waals surface area (Å²) < 4.78 is 0. The average molecular weight is 140 g/mol. The Bertz CT molecular complexity index is 133. The second kappa shape index (κ2) is 2.21. The van der Waals surface area contributed by atoms with Gasteiger partial charge in [-0.15, -0.1) is 0 Å². The van der Waals surface area contributed by atoms with Crippen molar-refractivity contribution in [2.24, 2.45) is 5.92 Å². The van der Waals surface area contributed by atoms with E-state index >= 15 is 0 Å². The Kier molecular flexibility index (Phi) is 1.46. The molecule has 2 aliphatic rings. The lowest BCUT2D eigenvalue weighted by Crippen LogP contribution is -2.40. The largest absolute Gasteiger partial charge is 0.314 e. The fourth-order valence-corrected chi connectivity index (χ4v) is 2.44. The number of nitrogens with one attached hydrogen (secondary N) is 1. The molecule has 1 saturated heterocycles. The predicted octanol–water partition coefficient (Wildman–Crippen LogP) is 0.298. The molecule has 3 atom stereocenters. The van der Waals surface area contributed by atoms with E-state index in [4.69, 9.17) is 0 Å². The highest BCUT2D eigenvalue weighted by Crippen LogP contribution is 2.33. The van der Waals surface area contributed by atoms with Gasteiger partial charge < -0.3 is 10.2 Å². The summed E-state index contributed by atoms with van der Waals surface area (Å²) in [6.45, 7) is 1.26. The molecule has 0 amide bonds. The van der Waals surface area contributed by atoms with Gasteiger partial charge in [0.25, 0.3) is 0 Å². The van der Waals surface area contributed by atoms with Crippen molar-refractivity contribution < 1.29 is 0 Å². The van der Waals surface area contributed by atoms with E-state index in [1.807, 2.05) is 0 Å². The minimum atomic E-state index is 0.845. The number of piperidine rings is 1. The zero-order chi connectivity index (χ0) is 7.14. The second-order valence-corrected chi connectivity index (χ2v) is 3.87. The van der Waals surface area contributed by atoms with Gasteiger partial charge in [-0.25, -0.2) is 0 Å². The molecule has 0 unspecified atom stereocenters. The van der Waals surface area contributed by atoms with Crippen LogP contribution in [-0.2, 0) is 0 Å². The van der Waals surface area contributed by atoms with Crippen LogP contribution >= 0.6 is 0 Å². The first-order valence-electron chi connectivity index (χ1n) is 4.17. The molecule has 2 bridgehead atoms. The van der Waals surface area contributed by atoms with Gasteiger partial charge in [-0.1, -0.05) is 0 Å². The lowest BCUT2D eigenvalue weighted by Gasteiger charge is -2.28. The molecular weight excluding hydrogens is 124 g/mol. The van der Waals surface area contributed by atoms with Gasteiger partial charge in [0.15, 0.2) is 0 Å². The molecule has 2 nitrogen and oxygen atoms in total. The van der Waals surface area contributed by atoms with Gasteiger partial charge in [0.2, 0.25) is 0 Å². The molecule has 1 aliphatic carbocycles. The van der Waals surface area contributed by atoms with Gasteiger partial charge in [0.1, 0.15) is 0 Å². The Morgan fingerprint density at radius 2 is 2.10 bits per heavy atom. The third kappa shape index (κ3) is 0.867. The van der Waals surface area contributed by atoms with Crippen molar-refractivity contribution in [1.82, 2.24) is 10.2 Å². The molecule has 0 spiro atoms. The number of fused-ring (bicyclic) bond motifs is 2. The first-order valence-corrected chi connectivity index (χ1v) is 4.17. The SMILES string of the molecule is CN(C)[C@H]1C[C@@H]2C[C@H]1CN2. The van der Waals surface area contributed by atoms with E-state index in [1.54, 1.807) is 0 Å². The van der Waals surface area contributed by atoms with Crippen molar-refractivity contribution >= 4 is 0 Å². The fourth-order valence-electron chi connectivity index (χ4n) is 2.44. The molecule has 0 aromatic heterocycles. The fraction of sp³-hybridized carbons (Fsp3) is 1.00. The number of rotatable bonds is 1. The third-order valence-corrected chi connectivity index (χ3v) is 2.99. The summed E-state index contributed by atoms with van der Waals surface area (Å²) in [5.74, 6) is 0.944. The molecule has 2 rings (SSSR count). The van der Waals surface area contributed by atoms with E-state index in [0.29, 0.717) is 0 Å². The molecular formula is C8H16N2. The highest BCUT2D eigenvalue weighted by atomic mass is 15.1. The zero-order valence-electron chi connectivity index (χ0n) is 6.80. The first kappa shape index (κ1) is 6.62. The molecule has 0 aromatic rings. The second-order valence-electron chi connectivity index (χ2n) is 3.87. The van der Waals surface area contributed by atoms with Crippen molar-refractivity contribution in [1.29, 1.82) is 0 Å². The van der Waals surface area contributed by atoms with Gasteiger partial charge >= 0.3 is 0 Å². The average Bonchev–Trinajstić information content (AvgIpc) is 2.44. The Balaban J connectivity index is 2.02. The molecule has 1 heterocycles. The van der Waals surface area contributed by atoms with E-state index in [0.717, 1.165) is 18.0 Å². The zero-order valence-corrected chi connectivity index (χ0v) is 6.80. The Morgan fingerprint density at radius 3 is 2.40 bits per heavy atom. The monoisotopic (exact) mass is 140 g/mol. The van der Waals surface area contributed by atoms with Crippen molar-refractivity contribution in [3.8, 4) is 0 Å². The van der Waals surface area contributed by atoms with Crippen LogP contribution in [0.5, 0.6) is 0 Å². The summed E-state index contributed by atoms with van der Waals surface area (Å²) in [4.78, 5) is 2.38. The minimum Gasteiger partial charge on any atom is -0.314 e. The number of nitrogens with zero attached hydrogens (tertiary/aromatic N) is 1. The Labute approximate surface area is 62.6 Å². The van der Waals surface area contributed by atoms with Gasteiger partial charge in [-0.05, 0) is 39.4 Å².